The Morgan fingerprint density at radius 3 is 1.54 bits per heavy atom. The highest BCUT2D eigenvalue weighted by atomic mass is 35.5. The van der Waals surface area contributed by atoms with Crippen LogP contribution >= 0.6 is 0 Å². The number of aromatic amines is 3. The van der Waals surface area contributed by atoms with Crippen LogP contribution in [0.5, 0.6) is 5.75 Å². The number of halogens is 1. The van der Waals surface area contributed by atoms with Gasteiger partial charge in [-0.3, -0.25) is 29.4 Å². The van der Waals surface area contributed by atoms with Crippen molar-refractivity contribution in [3.63, 3.8) is 0 Å². The zero-order valence-corrected chi connectivity index (χ0v) is 75.7. The van der Waals surface area contributed by atoms with E-state index in [4.69, 9.17) is 9.97 Å². The van der Waals surface area contributed by atoms with Crippen LogP contribution in [0.15, 0.2) is 164 Å². The topological polar surface area (TPSA) is 221 Å². The molecule has 13 aliphatic heterocycles. The van der Waals surface area contributed by atoms with Gasteiger partial charge in [-0.25, -0.2) is 0 Å². The summed E-state index contributed by atoms with van der Waals surface area (Å²) in [6, 6.07) is 28.9. The van der Waals surface area contributed by atoms with Gasteiger partial charge in [0.25, 0.3) is 0 Å². The lowest BCUT2D eigenvalue weighted by atomic mass is 9.54. The highest BCUT2D eigenvalue weighted by Gasteiger charge is 2.71. The van der Waals surface area contributed by atoms with Crippen molar-refractivity contribution in [2.75, 3.05) is 85.1 Å². The number of aromatic hydroxyl groups is 1. The quantitative estimate of drug-likeness (QED) is 0.0752. The van der Waals surface area contributed by atoms with Crippen molar-refractivity contribution >= 4 is 77.2 Å². The number of carbonyl (C=O) groups is 2. The molecule has 9 N–H and O–H groups in total. The largest absolute Gasteiger partial charge is 1.00 e. The lowest BCUT2D eigenvalue weighted by Crippen LogP contribution is -3.20. The maximum absolute atomic E-state index is 13.1. The number of phenols is 1. The number of quaternary nitrogens is 1. The number of Topliss-reactive ketones (excluding diaryl/α,β-unsaturated/α-hetero) is 2. The third kappa shape index (κ3) is 15.3. The van der Waals surface area contributed by atoms with Crippen molar-refractivity contribution in [3.8, 4) is 5.75 Å². The first kappa shape index (κ1) is 86.1. The predicted octanol–water partition coefficient (Wildman–Crippen LogP) is 13.8. The molecular weight excluding hydrogens is 1600 g/mol. The van der Waals surface area contributed by atoms with E-state index < -0.39 is 16.8 Å². The number of pyridine rings is 2. The number of H-pyrrole nitrogens is 3. The van der Waals surface area contributed by atoms with Crippen LogP contribution in [0.1, 0.15) is 234 Å². The Balaban J connectivity index is 0.000000116. The number of ketones is 2. The summed E-state index contributed by atoms with van der Waals surface area (Å²) in [7, 11) is 0. The Morgan fingerprint density at radius 2 is 0.937 bits per heavy atom. The minimum Gasteiger partial charge on any atom is -1.00 e. The first-order valence-electron chi connectivity index (χ1n) is 50.0. The van der Waals surface area contributed by atoms with E-state index in [1.807, 2.05) is 24.5 Å². The molecule has 9 bridgehead atoms. The van der Waals surface area contributed by atoms with Crippen LogP contribution in [-0.4, -0.2) is 220 Å². The molecule has 18 heterocycles. The van der Waals surface area contributed by atoms with Gasteiger partial charge >= 0.3 is 0 Å². The zero-order valence-electron chi connectivity index (χ0n) is 74.9. The molecule has 3 aliphatic carbocycles. The summed E-state index contributed by atoms with van der Waals surface area (Å²) in [6.07, 6.45) is 63.3. The van der Waals surface area contributed by atoms with Crippen molar-refractivity contribution in [2.24, 2.45) is 34.0 Å². The molecule has 127 heavy (non-hydrogen) atoms. The molecule has 0 saturated carbocycles. The molecule has 0 radical (unpaired) electrons. The number of hydrogen-bond donors (Lipinski definition) is 9. The Hall–Kier alpha value is -7.69. The smallest absolute Gasteiger partial charge is 0.139 e. The molecule has 3 aromatic carbocycles. The standard InChI is InChI=1S/C36H44N4O3.C36H44N4O2.C36H48N4O.ClH/c41-25-9-8-19-40-24(12-13-25)21-35-23-39-18-6-4-2-1-3-5-16-36(43,34(35)40)22-28(29(35)15-20-39)32-33-27(14-17-37-32)26-10-7-11-30(42)31(26)38-33;41-26-10-9-20-40-25(13-14-26)22-35-24-39-19-8-4-2-1-3-7-17-36(42,34(35)40)23-29(30(35)16-21-39)32-33-28(15-18-37-32)27-11-5-6-12-31(27)38-33;41-36-18-10-4-1-2-5-11-20-39-22-17-30(35(25-39)23-26-13-7-3-6-12-21-40(26)34(35)36)29(24-36)32-33-28(16-19-37-32)27-14-8-9-15-31(27)38-33;/h1,3,7,10-11,14,17,22,24,29,34,38,42-43H,2,4-6,8-9,12-13,15-16,18-21,23H2;1,3,5-6,11-12,15,18,23,25,30,34,38,42H,2,4,7-10,13-14,16-17,19-22,24H2;1,4,7-9,13-15,24,26,30,32,34,37-38,41H,2-3,5-6,10-12,16-23,25H2;1H/b2*3-1-;4-1-,13-7-;/t24?,29-,34?,35-,36-;25?,30-,34?,35-,36-;26?,30-,32?,34?,35-,36-;/m000./s1. The van der Waals surface area contributed by atoms with Gasteiger partial charge in [0, 0.05) is 149 Å². The molecular formula is C108H137ClN12O6. The summed E-state index contributed by atoms with van der Waals surface area (Å²) in [5.41, 5.74) is 11.0. The van der Waals surface area contributed by atoms with Crippen LogP contribution < -0.4 is 22.6 Å². The molecule has 19 heteroatoms. The van der Waals surface area contributed by atoms with E-state index in [0.29, 0.717) is 73.6 Å². The third-order valence-electron chi connectivity index (χ3n) is 34.9. The van der Waals surface area contributed by atoms with Crippen molar-refractivity contribution in [1.29, 1.82) is 0 Å². The van der Waals surface area contributed by atoms with Gasteiger partial charge < -0.3 is 72.7 Å². The second kappa shape index (κ2) is 35.4. The van der Waals surface area contributed by atoms with Crippen molar-refractivity contribution in [3.05, 3.63) is 186 Å². The minimum absolute atomic E-state index is 0. The van der Waals surface area contributed by atoms with Crippen molar-refractivity contribution < 1.29 is 47.3 Å². The first-order valence-corrected chi connectivity index (χ1v) is 50.0. The number of nitrogens with zero attached hydrogens (tertiary/aromatic N) is 7. The van der Waals surface area contributed by atoms with E-state index in [-0.39, 0.29) is 64.5 Å². The number of para-hydroxylation sites is 3. The highest BCUT2D eigenvalue weighted by Crippen LogP contribution is 2.66. The lowest BCUT2D eigenvalue weighted by Gasteiger charge is -2.58. The van der Waals surface area contributed by atoms with E-state index in [9.17, 15) is 30.0 Å². The fourth-order valence-electron chi connectivity index (χ4n) is 30.2. The van der Waals surface area contributed by atoms with E-state index in [1.54, 1.807) is 11.0 Å². The van der Waals surface area contributed by atoms with Gasteiger partial charge in [-0.15, -0.1) is 0 Å². The number of rotatable bonds is 3. The Kier molecular flexibility index (Phi) is 24.0. The van der Waals surface area contributed by atoms with E-state index >= 15 is 0 Å². The molecule has 11 unspecified atom stereocenters. The molecule has 8 fully saturated rings. The maximum Gasteiger partial charge on any atom is 0.139 e. The third-order valence-corrected chi connectivity index (χ3v) is 34.9. The lowest BCUT2D eigenvalue weighted by molar-refractivity contribution is -0.940. The van der Waals surface area contributed by atoms with Gasteiger partial charge in [0.15, 0.2) is 0 Å². The summed E-state index contributed by atoms with van der Waals surface area (Å²) in [5, 5.41) is 59.8. The van der Waals surface area contributed by atoms with Gasteiger partial charge in [-0.1, -0.05) is 91.1 Å². The van der Waals surface area contributed by atoms with E-state index in [2.05, 4.69) is 172 Å². The summed E-state index contributed by atoms with van der Waals surface area (Å²) in [5.74, 6) is 2.15. The SMILES string of the molecule is O=C1CCCN2C(CC1)C[C@]13CN4CCCC/C=C\CC[C@](O)(C=C(c5nccc6c5[nH]c5c(O)cccc56)[C@@H]1CC4)C23.O=C1CCCN2C(CC1)C[C@]13CN4CCCC/C=C\CC[C@](O)(C=C(c5nccc6c5[nH]c5ccccc56)[C@@H]1CC4)C23.O[C@]12C=C(C3NCCc4c3[nH]c3ccccc43)[C@@H]3CCN(CCCC/C=C\CC1)C[C@@]31CC3/C=C\CCCC[NH+]3C12.[Cl-]. The predicted molar refractivity (Wildman–Crippen MR) is 504 cm³/mol. The van der Waals surface area contributed by atoms with Crippen LogP contribution in [0.25, 0.3) is 65.7 Å². The minimum atomic E-state index is -1.01. The molecule has 3 spiro atoms. The monoisotopic (exact) mass is 1730 g/mol. The van der Waals surface area contributed by atoms with Gasteiger partial charge in [0.05, 0.1) is 57.1 Å². The molecule has 5 aromatic heterocycles. The number of fused-ring (bicyclic) bond motifs is 15. The number of hydrogen-bond acceptors (Lipinski definition) is 14. The number of aromatic nitrogens is 5. The van der Waals surface area contributed by atoms with Crippen LogP contribution in [0.2, 0.25) is 0 Å². The number of carbonyl (C=O) groups excluding carboxylic acids is 2. The van der Waals surface area contributed by atoms with Gasteiger partial charge in [-0.2, -0.15) is 0 Å². The van der Waals surface area contributed by atoms with Gasteiger partial charge in [-0.05, 0) is 327 Å². The first-order chi connectivity index (χ1) is 61.7. The van der Waals surface area contributed by atoms with Crippen molar-refractivity contribution in [1.82, 2.24) is 54.7 Å². The molecule has 0 amide bonds. The normalized spacial score (nSPS) is 38.0. The number of phenolic OH excluding ortho intramolecular Hbond substituents is 1. The highest BCUT2D eigenvalue weighted by molar-refractivity contribution is 6.12. The number of aliphatic hydroxyl groups is 3. The molecule has 16 aliphatic rings. The number of allylic oxidation sites excluding steroid dienone is 9. The molecule has 8 aromatic rings. The Labute approximate surface area is 756 Å². The fraction of sp³-hybridized carbons (Fsp3) is 0.574. The second-order valence-electron chi connectivity index (χ2n) is 42.1. The van der Waals surface area contributed by atoms with Crippen LogP contribution in [0.4, 0.5) is 0 Å². The maximum atomic E-state index is 13.1. The van der Waals surface area contributed by atoms with Crippen LogP contribution in [0, 0.1) is 34.0 Å². The van der Waals surface area contributed by atoms with Crippen molar-refractivity contribution in [2.45, 2.75) is 271 Å². The average molecular weight is 1730 g/mol. The average Bonchev–Trinajstić information content (AvgIpc) is 1.57. The van der Waals surface area contributed by atoms with Gasteiger partial charge in [0.2, 0.25) is 0 Å². The molecule has 20 atom stereocenters. The Morgan fingerprint density at radius 1 is 0.433 bits per heavy atom. The van der Waals surface area contributed by atoms with E-state index in [1.165, 1.54) is 146 Å². The second-order valence-corrected chi connectivity index (χ2v) is 42.1. The van der Waals surface area contributed by atoms with E-state index in [0.717, 1.165) is 212 Å². The summed E-state index contributed by atoms with van der Waals surface area (Å²) < 4.78 is 0. The zero-order chi connectivity index (χ0) is 84.9. The van der Waals surface area contributed by atoms with Crippen LogP contribution in [0.3, 0.4) is 0 Å². The number of nitrogens with one attached hydrogen (secondary N) is 5. The molecule has 8 saturated heterocycles. The Bertz CT molecular complexity index is 5660. The molecule has 672 valence electrons. The molecule has 18 nitrogen and oxygen atoms in total. The van der Waals surface area contributed by atoms with Crippen LogP contribution in [-0.2, 0) is 16.0 Å². The summed E-state index contributed by atoms with van der Waals surface area (Å²) in [6.45, 7) is 13.9. The molecule has 24 rings (SSSR count). The number of benzene rings is 3. The van der Waals surface area contributed by atoms with Gasteiger partial charge in [0.1, 0.15) is 35.0 Å². The number of piperidine rings is 3. The summed E-state index contributed by atoms with van der Waals surface area (Å²) >= 11 is 0. The fourth-order valence-corrected chi connectivity index (χ4v) is 30.2. The summed E-state index contributed by atoms with van der Waals surface area (Å²) in [4.78, 5) is 61.7.